The molecule has 27 heavy (non-hydrogen) atoms. The Morgan fingerprint density at radius 2 is 2.00 bits per heavy atom. The molecule has 3 aromatic heterocycles. The van der Waals surface area contributed by atoms with Gasteiger partial charge in [-0.1, -0.05) is 24.3 Å². The predicted molar refractivity (Wildman–Crippen MR) is 99.2 cm³/mol. The van der Waals surface area contributed by atoms with E-state index in [2.05, 4.69) is 15.4 Å². The molecule has 3 heterocycles. The van der Waals surface area contributed by atoms with Crippen molar-refractivity contribution >= 4 is 16.9 Å². The number of nitrogens with one attached hydrogen (secondary N) is 1. The molecule has 4 rings (SSSR count). The lowest BCUT2D eigenvalue weighted by Gasteiger charge is -2.02. The monoisotopic (exact) mass is 363 g/mol. The molecule has 0 radical (unpaired) electrons. The smallest absolute Gasteiger partial charge is 0.346 e. The Morgan fingerprint density at radius 3 is 2.78 bits per heavy atom. The van der Waals surface area contributed by atoms with Crippen molar-refractivity contribution < 1.29 is 9.21 Å². The van der Waals surface area contributed by atoms with E-state index in [4.69, 9.17) is 4.42 Å². The third-order valence-electron chi connectivity index (χ3n) is 4.19. The van der Waals surface area contributed by atoms with Crippen LogP contribution in [0.3, 0.4) is 0 Å². The molecule has 1 N–H and O–H groups in total. The van der Waals surface area contributed by atoms with E-state index in [1.54, 1.807) is 37.5 Å². The molecule has 0 saturated heterocycles. The van der Waals surface area contributed by atoms with Gasteiger partial charge in [0.15, 0.2) is 11.6 Å². The van der Waals surface area contributed by atoms with Crippen LogP contribution in [0.15, 0.2) is 63.9 Å². The van der Waals surface area contributed by atoms with Crippen molar-refractivity contribution in [1.82, 2.24) is 24.6 Å². The Bertz CT molecular complexity index is 1120. The second-order valence-electron chi connectivity index (χ2n) is 6.01. The molecule has 8 nitrogen and oxygen atoms in total. The van der Waals surface area contributed by atoms with E-state index in [-0.39, 0.29) is 30.4 Å². The van der Waals surface area contributed by atoms with Crippen LogP contribution >= 0.6 is 0 Å². The van der Waals surface area contributed by atoms with E-state index in [1.165, 1.54) is 9.25 Å². The minimum Gasteiger partial charge on any atom is -0.451 e. The lowest BCUT2D eigenvalue weighted by molar-refractivity contribution is 0.0926. The number of amides is 1. The van der Waals surface area contributed by atoms with E-state index in [0.717, 1.165) is 5.39 Å². The highest BCUT2D eigenvalue weighted by Gasteiger charge is 2.14. The van der Waals surface area contributed by atoms with Crippen LogP contribution in [0.1, 0.15) is 10.6 Å². The topological polar surface area (TPSA) is 95.0 Å². The normalized spacial score (nSPS) is 11.0. The zero-order valence-corrected chi connectivity index (χ0v) is 14.6. The fourth-order valence-corrected chi connectivity index (χ4v) is 2.81. The molecule has 0 aliphatic rings. The molecule has 136 valence electrons. The summed E-state index contributed by atoms with van der Waals surface area (Å²) in [5.74, 6) is 0.378. The number of aromatic nitrogens is 4. The number of fused-ring (bicyclic) bond motifs is 1. The number of hydrogen-bond donors (Lipinski definition) is 1. The van der Waals surface area contributed by atoms with E-state index in [1.807, 2.05) is 24.3 Å². The average molecular weight is 363 g/mol. The molecular weight excluding hydrogens is 346 g/mol. The molecule has 0 aliphatic heterocycles. The lowest BCUT2D eigenvalue weighted by Crippen LogP contribution is -2.31. The number of hydrogen-bond acceptors (Lipinski definition) is 5. The van der Waals surface area contributed by atoms with Gasteiger partial charge in [0.2, 0.25) is 0 Å². The van der Waals surface area contributed by atoms with Gasteiger partial charge in [0, 0.05) is 25.2 Å². The number of para-hydroxylation sites is 1. The molecule has 0 atom stereocenters. The van der Waals surface area contributed by atoms with Crippen LogP contribution < -0.4 is 11.0 Å². The number of benzene rings is 1. The van der Waals surface area contributed by atoms with Crippen molar-refractivity contribution in [2.45, 2.75) is 6.54 Å². The van der Waals surface area contributed by atoms with Crippen LogP contribution in [0, 0.1) is 0 Å². The Kier molecular flexibility index (Phi) is 4.29. The minimum absolute atomic E-state index is 0.235. The predicted octanol–water partition coefficient (Wildman–Crippen LogP) is 1.82. The first-order valence-corrected chi connectivity index (χ1v) is 8.45. The van der Waals surface area contributed by atoms with Gasteiger partial charge < -0.3 is 9.73 Å². The SMILES string of the molecule is Cn1c(-c2ccccn2)nn(CCNC(=O)c2cc3ccccc3o2)c1=O. The molecule has 8 heteroatoms. The molecule has 1 amide bonds. The van der Waals surface area contributed by atoms with Crippen LogP contribution in [0.25, 0.3) is 22.5 Å². The zero-order valence-electron chi connectivity index (χ0n) is 14.6. The van der Waals surface area contributed by atoms with E-state index < -0.39 is 0 Å². The second-order valence-corrected chi connectivity index (χ2v) is 6.01. The molecule has 0 spiro atoms. The van der Waals surface area contributed by atoms with Crippen LogP contribution in [0.4, 0.5) is 0 Å². The fourth-order valence-electron chi connectivity index (χ4n) is 2.81. The molecular formula is C19H17N5O3. The van der Waals surface area contributed by atoms with Gasteiger partial charge >= 0.3 is 5.69 Å². The van der Waals surface area contributed by atoms with Gasteiger partial charge in [-0.2, -0.15) is 0 Å². The largest absolute Gasteiger partial charge is 0.451 e. The van der Waals surface area contributed by atoms with E-state index in [9.17, 15) is 9.59 Å². The van der Waals surface area contributed by atoms with Crippen LogP contribution in [-0.2, 0) is 13.6 Å². The quantitative estimate of drug-likeness (QED) is 0.584. The van der Waals surface area contributed by atoms with Crippen molar-refractivity contribution in [2.24, 2.45) is 7.05 Å². The molecule has 0 unspecified atom stereocenters. The van der Waals surface area contributed by atoms with E-state index >= 15 is 0 Å². The molecule has 0 aliphatic carbocycles. The first kappa shape index (κ1) is 16.8. The fraction of sp³-hybridized carbons (Fsp3) is 0.158. The summed E-state index contributed by atoms with van der Waals surface area (Å²) >= 11 is 0. The maximum atomic E-state index is 12.3. The Balaban J connectivity index is 1.45. The summed E-state index contributed by atoms with van der Waals surface area (Å²) in [5, 5.41) is 7.93. The van der Waals surface area contributed by atoms with Gasteiger partial charge in [-0.3, -0.25) is 14.3 Å². The van der Waals surface area contributed by atoms with Gasteiger partial charge in [0.05, 0.1) is 6.54 Å². The summed E-state index contributed by atoms with van der Waals surface area (Å²) in [6.45, 7) is 0.486. The average Bonchev–Trinajstić information content (AvgIpc) is 3.25. The first-order valence-electron chi connectivity index (χ1n) is 8.45. The summed E-state index contributed by atoms with van der Waals surface area (Å²) in [6, 6.07) is 14.5. The summed E-state index contributed by atoms with van der Waals surface area (Å²) < 4.78 is 8.27. The number of nitrogens with zero attached hydrogens (tertiary/aromatic N) is 4. The van der Waals surface area contributed by atoms with Crippen molar-refractivity contribution in [1.29, 1.82) is 0 Å². The van der Waals surface area contributed by atoms with Gasteiger partial charge in [-0.15, -0.1) is 5.10 Å². The Hall–Kier alpha value is -3.68. The first-order chi connectivity index (χ1) is 13.1. The Labute approximate surface area is 154 Å². The van der Waals surface area contributed by atoms with Gasteiger partial charge in [-0.25, -0.2) is 9.48 Å². The standard InChI is InChI=1S/C19H17N5O3/c1-23-17(14-7-4-5-9-20-14)22-24(19(23)26)11-10-21-18(25)16-12-13-6-2-3-8-15(13)27-16/h2-9,12H,10-11H2,1H3,(H,21,25). The van der Waals surface area contributed by atoms with Crippen LogP contribution in [0.2, 0.25) is 0 Å². The molecule has 1 aromatic carbocycles. The maximum absolute atomic E-state index is 12.3. The van der Waals surface area contributed by atoms with Gasteiger partial charge in [0.25, 0.3) is 5.91 Å². The number of carbonyl (C=O) groups is 1. The van der Waals surface area contributed by atoms with Gasteiger partial charge in [-0.05, 0) is 24.3 Å². The highest BCUT2D eigenvalue weighted by atomic mass is 16.3. The zero-order chi connectivity index (χ0) is 18.8. The molecule has 0 fully saturated rings. The van der Waals surface area contributed by atoms with Crippen LogP contribution in [-0.4, -0.2) is 31.8 Å². The van der Waals surface area contributed by atoms with Crippen molar-refractivity contribution in [2.75, 3.05) is 6.54 Å². The molecule has 0 saturated carbocycles. The summed E-state index contributed by atoms with van der Waals surface area (Å²) in [6.07, 6.45) is 1.65. The second kappa shape index (κ2) is 6.91. The highest BCUT2D eigenvalue weighted by molar-refractivity contribution is 5.96. The number of furan rings is 1. The van der Waals surface area contributed by atoms with E-state index in [0.29, 0.717) is 17.1 Å². The third kappa shape index (κ3) is 3.24. The van der Waals surface area contributed by atoms with Crippen molar-refractivity contribution in [3.63, 3.8) is 0 Å². The number of rotatable bonds is 5. The van der Waals surface area contributed by atoms with Crippen LogP contribution in [0.5, 0.6) is 0 Å². The van der Waals surface area contributed by atoms with Gasteiger partial charge in [0.1, 0.15) is 11.3 Å². The number of carbonyl (C=O) groups excluding carboxylic acids is 1. The highest BCUT2D eigenvalue weighted by Crippen LogP contribution is 2.18. The summed E-state index contributed by atoms with van der Waals surface area (Å²) in [5.41, 5.74) is 0.999. The molecule has 4 aromatic rings. The van der Waals surface area contributed by atoms with Crippen molar-refractivity contribution in [3.05, 3.63) is 71.0 Å². The lowest BCUT2D eigenvalue weighted by atomic mass is 10.2. The number of pyridine rings is 1. The maximum Gasteiger partial charge on any atom is 0.346 e. The Morgan fingerprint density at radius 1 is 1.19 bits per heavy atom. The third-order valence-corrected chi connectivity index (χ3v) is 4.19. The summed E-state index contributed by atoms with van der Waals surface area (Å²) in [7, 11) is 1.64. The van der Waals surface area contributed by atoms with Crippen molar-refractivity contribution in [3.8, 4) is 11.5 Å². The molecule has 0 bridgehead atoms. The summed E-state index contributed by atoms with van der Waals surface area (Å²) in [4.78, 5) is 28.8. The minimum atomic E-state index is -0.333.